The van der Waals surface area contributed by atoms with E-state index in [1.165, 1.54) is 34.6 Å². The maximum atomic E-state index is 11.3. The number of aryl methyl sites for hydroxylation is 2. The van der Waals surface area contributed by atoms with E-state index in [4.69, 9.17) is 4.74 Å². The molecule has 1 aliphatic rings. The van der Waals surface area contributed by atoms with Gasteiger partial charge >= 0.3 is 0 Å². The molecule has 88 valence electrons. The van der Waals surface area contributed by atoms with E-state index in [-0.39, 0.29) is 12.5 Å². The maximum Gasteiger partial charge on any atom is 0.246 e. The standard InChI is InChI=1S/C12H17NO2S/c1-2-15-8-12(14)13-7-10-6-9-4-3-5-11(9)16-10/h6H,2-5,7-8H2,1H3,(H,13,14). The minimum Gasteiger partial charge on any atom is -0.372 e. The highest BCUT2D eigenvalue weighted by molar-refractivity contribution is 7.12. The zero-order valence-corrected chi connectivity index (χ0v) is 10.4. The molecular weight excluding hydrogens is 222 g/mol. The Morgan fingerprint density at radius 2 is 2.44 bits per heavy atom. The Kier molecular flexibility index (Phi) is 3.96. The first-order valence-corrected chi connectivity index (χ1v) is 6.56. The van der Waals surface area contributed by atoms with E-state index in [0.29, 0.717) is 13.2 Å². The molecule has 0 radical (unpaired) electrons. The Hall–Kier alpha value is -0.870. The van der Waals surface area contributed by atoms with E-state index >= 15 is 0 Å². The molecule has 1 aromatic heterocycles. The third kappa shape index (κ3) is 2.83. The van der Waals surface area contributed by atoms with E-state index in [2.05, 4.69) is 11.4 Å². The third-order valence-corrected chi connectivity index (χ3v) is 3.93. The van der Waals surface area contributed by atoms with Crippen molar-refractivity contribution in [1.82, 2.24) is 5.32 Å². The molecule has 4 heteroatoms. The van der Waals surface area contributed by atoms with Crippen LogP contribution in [-0.2, 0) is 28.9 Å². The number of hydrogen-bond donors (Lipinski definition) is 1. The van der Waals surface area contributed by atoms with Gasteiger partial charge in [0.05, 0.1) is 6.54 Å². The molecular formula is C12H17NO2S. The number of carbonyl (C=O) groups excluding carboxylic acids is 1. The quantitative estimate of drug-likeness (QED) is 0.852. The summed E-state index contributed by atoms with van der Waals surface area (Å²) < 4.78 is 5.04. The van der Waals surface area contributed by atoms with Crippen LogP contribution in [0, 0.1) is 0 Å². The van der Waals surface area contributed by atoms with Gasteiger partial charge in [-0.2, -0.15) is 0 Å². The largest absolute Gasteiger partial charge is 0.372 e. The van der Waals surface area contributed by atoms with Gasteiger partial charge in [0.15, 0.2) is 0 Å². The van der Waals surface area contributed by atoms with Crippen LogP contribution in [0.15, 0.2) is 6.07 Å². The van der Waals surface area contributed by atoms with Crippen LogP contribution in [0.25, 0.3) is 0 Å². The Morgan fingerprint density at radius 1 is 1.56 bits per heavy atom. The van der Waals surface area contributed by atoms with Crippen LogP contribution in [0.1, 0.15) is 28.7 Å². The fourth-order valence-electron chi connectivity index (χ4n) is 1.91. The molecule has 1 amide bonds. The Morgan fingerprint density at radius 3 is 3.19 bits per heavy atom. The SMILES string of the molecule is CCOCC(=O)NCc1cc2c(s1)CCC2. The number of carbonyl (C=O) groups is 1. The van der Waals surface area contributed by atoms with Gasteiger partial charge in [0, 0.05) is 16.4 Å². The average Bonchev–Trinajstić information content (AvgIpc) is 2.83. The van der Waals surface area contributed by atoms with Crippen molar-refractivity contribution in [2.24, 2.45) is 0 Å². The lowest BCUT2D eigenvalue weighted by atomic mass is 10.2. The zero-order valence-electron chi connectivity index (χ0n) is 9.54. The second-order valence-corrected chi connectivity index (χ2v) is 5.15. The van der Waals surface area contributed by atoms with Crippen molar-refractivity contribution in [3.05, 3.63) is 21.4 Å². The molecule has 1 N–H and O–H groups in total. The predicted molar refractivity (Wildman–Crippen MR) is 64.7 cm³/mol. The van der Waals surface area contributed by atoms with Crippen LogP contribution < -0.4 is 5.32 Å². The predicted octanol–water partition coefficient (Wildman–Crippen LogP) is 1.89. The first-order valence-electron chi connectivity index (χ1n) is 5.74. The lowest BCUT2D eigenvalue weighted by Crippen LogP contribution is -2.26. The molecule has 1 aromatic rings. The molecule has 3 nitrogen and oxygen atoms in total. The molecule has 0 bridgehead atoms. The molecule has 0 fully saturated rings. The minimum absolute atomic E-state index is 0.0320. The van der Waals surface area contributed by atoms with Gasteiger partial charge in [-0.15, -0.1) is 11.3 Å². The van der Waals surface area contributed by atoms with Crippen molar-refractivity contribution in [1.29, 1.82) is 0 Å². The third-order valence-electron chi connectivity index (χ3n) is 2.69. The molecule has 0 atom stereocenters. The summed E-state index contributed by atoms with van der Waals surface area (Å²) >= 11 is 1.83. The van der Waals surface area contributed by atoms with Crippen molar-refractivity contribution < 1.29 is 9.53 Å². The fourth-order valence-corrected chi connectivity index (χ4v) is 3.11. The molecule has 16 heavy (non-hydrogen) atoms. The number of ether oxygens (including phenoxy) is 1. The summed E-state index contributed by atoms with van der Waals surface area (Å²) in [7, 11) is 0. The highest BCUT2D eigenvalue weighted by Crippen LogP contribution is 2.30. The summed E-state index contributed by atoms with van der Waals surface area (Å²) in [4.78, 5) is 14.1. The zero-order chi connectivity index (χ0) is 11.4. The molecule has 0 saturated carbocycles. The van der Waals surface area contributed by atoms with Crippen LogP contribution >= 0.6 is 11.3 Å². The van der Waals surface area contributed by atoms with Crippen LogP contribution in [0.3, 0.4) is 0 Å². The first-order chi connectivity index (χ1) is 7.79. The summed E-state index contributed by atoms with van der Waals surface area (Å²) in [6, 6.07) is 2.23. The Labute approximate surface area is 99.8 Å². The molecule has 0 spiro atoms. The first kappa shape index (κ1) is 11.6. The average molecular weight is 239 g/mol. The highest BCUT2D eigenvalue weighted by Gasteiger charge is 2.14. The molecule has 0 aliphatic heterocycles. The monoisotopic (exact) mass is 239 g/mol. The molecule has 2 rings (SSSR count). The van der Waals surface area contributed by atoms with Crippen LogP contribution in [0.4, 0.5) is 0 Å². The van der Waals surface area contributed by atoms with Gasteiger partial charge in [-0.05, 0) is 37.8 Å². The number of fused-ring (bicyclic) bond motifs is 1. The fraction of sp³-hybridized carbons (Fsp3) is 0.583. The summed E-state index contributed by atoms with van der Waals surface area (Å²) in [5.74, 6) is -0.0320. The van der Waals surface area contributed by atoms with E-state index in [1.807, 2.05) is 18.3 Å². The second-order valence-electron chi connectivity index (χ2n) is 3.93. The smallest absolute Gasteiger partial charge is 0.246 e. The van der Waals surface area contributed by atoms with Crippen LogP contribution in [0.5, 0.6) is 0 Å². The van der Waals surface area contributed by atoms with Crippen LogP contribution in [-0.4, -0.2) is 19.1 Å². The normalized spacial score (nSPS) is 13.8. The molecule has 1 aliphatic carbocycles. The minimum atomic E-state index is -0.0320. The van der Waals surface area contributed by atoms with Crippen molar-refractivity contribution in [3.8, 4) is 0 Å². The lowest BCUT2D eigenvalue weighted by molar-refractivity contribution is -0.125. The summed E-state index contributed by atoms with van der Waals surface area (Å²) in [5.41, 5.74) is 1.49. The van der Waals surface area contributed by atoms with E-state index in [1.54, 1.807) is 0 Å². The summed E-state index contributed by atoms with van der Waals surface area (Å²) in [6.45, 7) is 3.28. The van der Waals surface area contributed by atoms with Gasteiger partial charge in [0.25, 0.3) is 0 Å². The second kappa shape index (κ2) is 5.46. The van der Waals surface area contributed by atoms with Gasteiger partial charge in [-0.3, -0.25) is 4.79 Å². The topological polar surface area (TPSA) is 38.3 Å². The van der Waals surface area contributed by atoms with Gasteiger partial charge in [0.1, 0.15) is 6.61 Å². The van der Waals surface area contributed by atoms with Crippen molar-refractivity contribution in [3.63, 3.8) is 0 Å². The number of amides is 1. The lowest BCUT2D eigenvalue weighted by Gasteiger charge is -2.03. The Bertz CT molecular complexity index is 352. The summed E-state index contributed by atoms with van der Waals surface area (Å²) in [6.07, 6.45) is 3.71. The highest BCUT2D eigenvalue weighted by atomic mass is 32.1. The van der Waals surface area contributed by atoms with Crippen molar-refractivity contribution >= 4 is 17.2 Å². The van der Waals surface area contributed by atoms with Crippen LogP contribution in [0.2, 0.25) is 0 Å². The number of thiophene rings is 1. The Balaban J connectivity index is 1.79. The van der Waals surface area contributed by atoms with Crippen molar-refractivity contribution in [2.75, 3.05) is 13.2 Å². The number of rotatable bonds is 5. The summed E-state index contributed by atoms with van der Waals surface area (Å²) in [5, 5.41) is 2.87. The number of hydrogen-bond acceptors (Lipinski definition) is 3. The van der Waals surface area contributed by atoms with E-state index in [0.717, 1.165) is 0 Å². The van der Waals surface area contributed by atoms with E-state index in [9.17, 15) is 4.79 Å². The van der Waals surface area contributed by atoms with E-state index < -0.39 is 0 Å². The van der Waals surface area contributed by atoms with Gasteiger partial charge in [0.2, 0.25) is 5.91 Å². The van der Waals surface area contributed by atoms with Gasteiger partial charge in [-0.25, -0.2) is 0 Å². The molecule has 0 aromatic carbocycles. The maximum absolute atomic E-state index is 11.3. The van der Waals surface area contributed by atoms with Crippen molar-refractivity contribution in [2.45, 2.75) is 32.7 Å². The molecule has 0 saturated heterocycles. The molecule has 1 heterocycles. The molecule has 0 unspecified atom stereocenters. The number of nitrogens with one attached hydrogen (secondary N) is 1. The van der Waals surface area contributed by atoms with Gasteiger partial charge in [-0.1, -0.05) is 0 Å². The van der Waals surface area contributed by atoms with Gasteiger partial charge < -0.3 is 10.1 Å².